The number of nitrogens with one attached hydrogen (secondary N) is 1. The Morgan fingerprint density at radius 2 is 1.38 bits per heavy atom. The highest BCUT2D eigenvalue weighted by Crippen LogP contribution is 2.20. The number of anilines is 1. The molecule has 0 aliphatic heterocycles. The number of para-hydroxylation sites is 1. The topological polar surface area (TPSA) is 12.0 Å². The van der Waals surface area contributed by atoms with E-state index in [9.17, 15) is 0 Å². The summed E-state index contributed by atoms with van der Waals surface area (Å²) in [6.07, 6.45) is 9.54. The molecule has 0 aliphatic carbocycles. The van der Waals surface area contributed by atoms with Crippen LogP contribution in [0.3, 0.4) is 0 Å². The van der Waals surface area contributed by atoms with Crippen LogP contribution < -0.4 is 5.32 Å². The normalized spacial score (nSPS) is 15.4. The fourth-order valence-electron chi connectivity index (χ4n) is 2.83. The van der Waals surface area contributed by atoms with Crippen molar-refractivity contribution in [2.45, 2.75) is 78.7 Å². The van der Waals surface area contributed by atoms with Gasteiger partial charge in [0.1, 0.15) is 0 Å². The van der Waals surface area contributed by atoms with Gasteiger partial charge in [-0.3, -0.25) is 0 Å². The van der Waals surface area contributed by atoms with Crippen molar-refractivity contribution >= 4 is 5.69 Å². The van der Waals surface area contributed by atoms with Crippen LogP contribution in [-0.2, 0) is 0 Å². The van der Waals surface area contributed by atoms with E-state index in [1.807, 2.05) is 0 Å². The van der Waals surface area contributed by atoms with Crippen LogP contribution in [0.1, 0.15) is 72.6 Å². The fourth-order valence-corrected chi connectivity index (χ4v) is 2.83. The van der Waals surface area contributed by atoms with Crippen molar-refractivity contribution in [3.63, 3.8) is 0 Å². The number of hydrogen-bond acceptors (Lipinski definition) is 1. The van der Waals surface area contributed by atoms with E-state index in [1.165, 1.54) is 50.6 Å². The lowest BCUT2D eigenvalue weighted by Crippen LogP contribution is -2.15. The lowest BCUT2D eigenvalue weighted by atomic mass is 9.93. The van der Waals surface area contributed by atoms with Crippen molar-refractivity contribution in [3.8, 4) is 0 Å². The van der Waals surface area contributed by atoms with Crippen molar-refractivity contribution in [2.75, 3.05) is 5.32 Å². The Morgan fingerprint density at radius 3 is 2.00 bits per heavy atom. The third-order valence-corrected chi connectivity index (χ3v) is 4.61. The summed E-state index contributed by atoms with van der Waals surface area (Å²) in [5.41, 5.74) is 1.24. The van der Waals surface area contributed by atoms with Crippen molar-refractivity contribution in [3.05, 3.63) is 30.3 Å². The minimum absolute atomic E-state index is 0.569. The Kier molecular flexibility index (Phi) is 9.21. The Labute approximate surface area is 132 Å². The van der Waals surface area contributed by atoms with Gasteiger partial charge >= 0.3 is 0 Å². The van der Waals surface area contributed by atoms with Crippen LogP contribution in [0.25, 0.3) is 0 Å². The molecule has 0 aliphatic rings. The molecule has 1 aromatic rings. The molecule has 0 saturated heterocycles. The second-order valence-electron chi connectivity index (χ2n) is 6.89. The quantitative estimate of drug-likeness (QED) is 0.489. The molecule has 0 aromatic heterocycles. The van der Waals surface area contributed by atoms with Gasteiger partial charge in [0.2, 0.25) is 0 Å². The van der Waals surface area contributed by atoms with E-state index in [2.05, 4.69) is 63.3 Å². The molecule has 21 heavy (non-hydrogen) atoms. The lowest BCUT2D eigenvalue weighted by Gasteiger charge is -2.17. The highest BCUT2D eigenvalue weighted by Gasteiger charge is 2.06. The van der Waals surface area contributed by atoms with E-state index in [1.54, 1.807) is 0 Å². The molecule has 1 heteroatoms. The van der Waals surface area contributed by atoms with E-state index < -0.39 is 0 Å². The minimum atomic E-state index is 0.569. The first kappa shape index (κ1) is 18.1. The Morgan fingerprint density at radius 1 is 0.810 bits per heavy atom. The Balaban J connectivity index is 2.07. The third kappa shape index (κ3) is 8.80. The summed E-state index contributed by atoms with van der Waals surface area (Å²) in [7, 11) is 0. The monoisotopic (exact) mass is 289 g/mol. The highest BCUT2D eigenvalue weighted by atomic mass is 14.9. The third-order valence-electron chi connectivity index (χ3n) is 4.61. The van der Waals surface area contributed by atoms with Gasteiger partial charge in [-0.1, -0.05) is 77.5 Å². The Bertz CT molecular complexity index is 346. The maximum Gasteiger partial charge on any atom is 0.0342 e. The minimum Gasteiger partial charge on any atom is -0.383 e. The first-order chi connectivity index (χ1) is 10.1. The molecule has 1 nitrogen and oxygen atoms in total. The van der Waals surface area contributed by atoms with Crippen molar-refractivity contribution in [1.82, 2.24) is 0 Å². The first-order valence-electron chi connectivity index (χ1n) is 8.93. The molecule has 0 bridgehead atoms. The van der Waals surface area contributed by atoms with Gasteiger partial charge in [-0.2, -0.15) is 0 Å². The van der Waals surface area contributed by atoms with Crippen LogP contribution in [0, 0.1) is 11.8 Å². The zero-order chi connectivity index (χ0) is 15.5. The SMILES string of the molecule is CCC(C)CCCC(C)CCCC(C)Nc1ccccc1. The van der Waals surface area contributed by atoms with E-state index in [0.29, 0.717) is 6.04 Å². The van der Waals surface area contributed by atoms with Gasteiger partial charge in [-0.25, -0.2) is 0 Å². The molecule has 0 heterocycles. The van der Waals surface area contributed by atoms with Crippen molar-refractivity contribution in [1.29, 1.82) is 0 Å². The summed E-state index contributed by atoms with van der Waals surface area (Å²) >= 11 is 0. The van der Waals surface area contributed by atoms with E-state index in [0.717, 1.165) is 11.8 Å². The smallest absolute Gasteiger partial charge is 0.0342 e. The number of hydrogen-bond donors (Lipinski definition) is 1. The highest BCUT2D eigenvalue weighted by molar-refractivity contribution is 5.43. The molecule has 1 N–H and O–H groups in total. The van der Waals surface area contributed by atoms with Gasteiger partial charge < -0.3 is 5.32 Å². The van der Waals surface area contributed by atoms with Gasteiger partial charge in [0.25, 0.3) is 0 Å². The molecular weight excluding hydrogens is 254 g/mol. The molecule has 3 unspecified atom stereocenters. The van der Waals surface area contributed by atoms with Gasteiger partial charge in [-0.15, -0.1) is 0 Å². The molecule has 120 valence electrons. The van der Waals surface area contributed by atoms with Gasteiger partial charge in [0.15, 0.2) is 0 Å². The Hall–Kier alpha value is -0.980. The lowest BCUT2D eigenvalue weighted by molar-refractivity contribution is 0.405. The van der Waals surface area contributed by atoms with Gasteiger partial charge in [0.05, 0.1) is 0 Å². The molecule has 3 atom stereocenters. The molecule has 1 rings (SSSR count). The zero-order valence-electron chi connectivity index (χ0n) is 14.6. The number of rotatable bonds is 11. The van der Waals surface area contributed by atoms with E-state index >= 15 is 0 Å². The first-order valence-corrected chi connectivity index (χ1v) is 8.93. The zero-order valence-corrected chi connectivity index (χ0v) is 14.6. The maximum absolute atomic E-state index is 3.58. The van der Waals surface area contributed by atoms with E-state index in [4.69, 9.17) is 0 Å². The molecular formula is C20H35N. The average Bonchev–Trinajstić information content (AvgIpc) is 2.48. The van der Waals surface area contributed by atoms with Gasteiger partial charge in [0, 0.05) is 11.7 Å². The van der Waals surface area contributed by atoms with Crippen LogP contribution in [-0.4, -0.2) is 6.04 Å². The van der Waals surface area contributed by atoms with Crippen molar-refractivity contribution < 1.29 is 0 Å². The van der Waals surface area contributed by atoms with Crippen molar-refractivity contribution in [2.24, 2.45) is 11.8 Å². The van der Waals surface area contributed by atoms with Crippen LogP contribution in [0.4, 0.5) is 5.69 Å². The standard InChI is InChI=1S/C20H35N/c1-5-17(2)11-9-12-18(3)13-10-14-19(4)21-20-15-7-6-8-16-20/h6-8,15-19,21H,5,9-14H2,1-4H3. The molecule has 0 spiro atoms. The molecule has 0 amide bonds. The summed E-state index contributed by atoms with van der Waals surface area (Å²) in [6, 6.07) is 11.1. The summed E-state index contributed by atoms with van der Waals surface area (Å²) in [5.74, 6) is 1.80. The summed E-state index contributed by atoms with van der Waals surface area (Å²) in [4.78, 5) is 0. The fraction of sp³-hybridized carbons (Fsp3) is 0.700. The molecule has 0 fully saturated rings. The number of benzene rings is 1. The van der Waals surface area contributed by atoms with E-state index in [-0.39, 0.29) is 0 Å². The predicted octanol–water partition coefficient (Wildman–Crippen LogP) is 6.51. The van der Waals surface area contributed by atoms with Crippen LogP contribution >= 0.6 is 0 Å². The average molecular weight is 290 g/mol. The second kappa shape index (κ2) is 10.7. The second-order valence-corrected chi connectivity index (χ2v) is 6.89. The summed E-state index contributed by atoms with van der Waals surface area (Å²) < 4.78 is 0. The maximum atomic E-state index is 3.58. The van der Waals surface area contributed by atoms with Crippen LogP contribution in [0.15, 0.2) is 30.3 Å². The predicted molar refractivity (Wildman–Crippen MR) is 95.8 cm³/mol. The summed E-state index contributed by atoms with van der Waals surface area (Å²) in [6.45, 7) is 9.39. The summed E-state index contributed by atoms with van der Waals surface area (Å²) in [5, 5.41) is 3.58. The largest absolute Gasteiger partial charge is 0.383 e. The van der Waals surface area contributed by atoms with Gasteiger partial charge in [-0.05, 0) is 37.3 Å². The molecule has 1 aromatic carbocycles. The van der Waals surface area contributed by atoms with Crippen LogP contribution in [0.2, 0.25) is 0 Å². The molecule has 0 radical (unpaired) electrons. The molecule has 0 saturated carbocycles. The van der Waals surface area contributed by atoms with Crippen LogP contribution in [0.5, 0.6) is 0 Å².